The Kier molecular flexibility index (Phi) is 6.49. The van der Waals surface area contributed by atoms with Crippen molar-refractivity contribution in [3.63, 3.8) is 0 Å². The Morgan fingerprint density at radius 2 is 2.00 bits per heavy atom. The lowest BCUT2D eigenvalue weighted by atomic mass is 10.2. The number of unbranched alkanes of at least 4 members (excludes halogenated alkanes) is 2. The molecule has 4 heteroatoms. The summed E-state index contributed by atoms with van der Waals surface area (Å²) in [5.74, 6) is 1.04. The summed E-state index contributed by atoms with van der Waals surface area (Å²) in [6.07, 6.45) is 5.60. The SMILES string of the molecule is CCCCCN(c1ncc(Br)cc1Br)C(C)C. The Morgan fingerprint density at radius 1 is 1.29 bits per heavy atom. The molecule has 96 valence electrons. The number of halogens is 2. The molecule has 0 N–H and O–H groups in total. The molecule has 1 rings (SSSR count). The predicted molar refractivity (Wildman–Crippen MR) is 81.6 cm³/mol. The van der Waals surface area contributed by atoms with Crippen LogP contribution in [0, 0.1) is 0 Å². The average Bonchev–Trinajstić information content (AvgIpc) is 2.25. The van der Waals surface area contributed by atoms with E-state index in [2.05, 4.69) is 68.6 Å². The monoisotopic (exact) mass is 362 g/mol. The van der Waals surface area contributed by atoms with Gasteiger partial charge in [0.15, 0.2) is 0 Å². The van der Waals surface area contributed by atoms with Gasteiger partial charge < -0.3 is 4.90 Å². The molecule has 0 radical (unpaired) electrons. The van der Waals surface area contributed by atoms with Crippen molar-refractivity contribution in [2.45, 2.75) is 46.1 Å². The van der Waals surface area contributed by atoms with Gasteiger partial charge in [0.2, 0.25) is 0 Å². The van der Waals surface area contributed by atoms with E-state index in [-0.39, 0.29) is 0 Å². The normalized spacial score (nSPS) is 10.9. The van der Waals surface area contributed by atoms with Crippen molar-refractivity contribution in [3.8, 4) is 0 Å². The van der Waals surface area contributed by atoms with Gasteiger partial charge in [-0.2, -0.15) is 0 Å². The van der Waals surface area contributed by atoms with Crippen LogP contribution in [0.15, 0.2) is 21.2 Å². The maximum atomic E-state index is 4.51. The van der Waals surface area contributed by atoms with Crippen LogP contribution in [0.4, 0.5) is 5.82 Å². The van der Waals surface area contributed by atoms with Crippen molar-refractivity contribution in [3.05, 3.63) is 21.2 Å². The van der Waals surface area contributed by atoms with Gasteiger partial charge >= 0.3 is 0 Å². The zero-order valence-corrected chi connectivity index (χ0v) is 13.9. The summed E-state index contributed by atoms with van der Waals surface area (Å²) < 4.78 is 2.06. The molecule has 17 heavy (non-hydrogen) atoms. The lowest BCUT2D eigenvalue weighted by Crippen LogP contribution is -2.32. The maximum absolute atomic E-state index is 4.51. The topological polar surface area (TPSA) is 16.1 Å². The Balaban J connectivity index is 2.82. The second kappa shape index (κ2) is 7.37. The molecule has 0 aliphatic heterocycles. The molecular formula is C13H20Br2N2. The molecular weight excluding hydrogens is 344 g/mol. The molecule has 0 bridgehead atoms. The van der Waals surface area contributed by atoms with Crippen LogP contribution < -0.4 is 4.90 Å². The summed E-state index contributed by atoms with van der Waals surface area (Å²) in [6.45, 7) is 7.72. The summed E-state index contributed by atoms with van der Waals surface area (Å²) in [5, 5.41) is 0. The quantitative estimate of drug-likeness (QED) is 0.660. The van der Waals surface area contributed by atoms with Gasteiger partial charge in [0.25, 0.3) is 0 Å². The van der Waals surface area contributed by atoms with Crippen molar-refractivity contribution in [2.24, 2.45) is 0 Å². The van der Waals surface area contributed by atoms with E-state index in [0.29, 0.717) is 6.04 Å². The Morgan fingerprint density at radius 3 is 2.53 bits per heavy atom. The fourth-order valence-corrected chi connectivity index (χ4v) is 2.97. The van der Waals surface area contributed by atoms with E-state index in [9.17, 15) is 0 Å². The molecule has 1 aromatic rings. The highest BCUT2D eigenvalue weighted by molar-refractivity contribution is 9.11. The van der Waals surface area contributed by atoms with E-state index >= 15 is 0 Å². The van der Waals surface area contributed by atoms with E-state index in [0.717, 1.165) is 21.3 Å². The molecule has 0 spiro atoms. The van der Waals surface area contributed by atoms with Gasteiger partial charge in [-0.05, 0) is 58.2 Å². The molecule has 0 saturated carbocycles. The van der Waals surface area contributed by atoms with Gasteiger partial charge in [-0.1, -0.05) is 19.8 Å². The minimum Gasteiger partial charge on any atom is -0.353 e. The van der Waals surface area contributed by atoms with E-state index in [1.807, 2.05) is 6.20 Å². The van der Waals surface area contributed by atoms with Gasteiger partial charge in [0, 0.05) is 23.3 Å². The number of hydrogen-bond acceptors (Lipinski definition) is 2. The van der Waals surface area contributed by atoms with Crippen LogP contribution in [0.25, 0.3) is 0 Å². The third-order valence-corrected chi connectivity index (χ3v) is 3.70. The van der Waals surface area contributed by atoms with E-state index < -0.39 is 0 Å². The Bertz CT molecular complexity index is 353. The third kappa shape index (κ3) is 4.59. The van der Waals surface area contributed by atoms with E-state index in [1.54, 1.807) is 0 Å². The van der Waals surface area contributed by atoms with E-state index in [4.69, 9.17) is 0 Å². The van der Waals surface area contributed by atoms with Gasteiger partial charge in [-0.25, -0.2) is 4.98 Å². The van der Waals surface area contributed by atoms with Crippen LogP contribution in [0.1, 0.15) is 40.0 Å². The molecule has 1 heterocycles. The van der Waals surface area contributed by atoms with Crippen LogP contribution in [0.5, 0.6) is 0 Å². The summed E-state index contributed by atoms with van der Waals surface area (Å²) in [6, 6.07) is 2.52. The van der Waals surface area contributed by atoms with Gasteiger partial charge in [0.1, 0.15) is 5.82 Å². The number of nitrogens with zero attached hydrogens (tertiary/aromatic N) is 2. The van der Waals surface area contributed by atoms with Crippen molar-refractivity contribution in [1.29, 1.82) is 0 Å². The number of rotatable bonds is 6. The number of hydrogen-bond donors (Lipinski definition) is 0. The minimum atomic E-state index is 0.469. The van der Waals surface area contributed by atoms with Crippen molar-refractivity contribution < 1.29 is 0 Å². The molecule has 0 saturated heterocycles. The van der Waals surface area contributed by atoms with Crippen LogP contribution >= 0.6 is 31.9 Å². The number of pyridine rings is 1. The van der Waals surface area contributed by atoms with Crippen molar-refractivity contribution in [1.82, 2.24) is 4.98 Å². The van der Waals surface area contributed by atoms with Crippen LogP contribution in [-0.2, 0) is 0 Å². The maximum Gasteiger partial charge on any atom is 0.143 e. The van der Waals surface area contributed by atoms with Crippen LogP contribution in [0.2, 0.25) is 0 Å². The van der Waals surface area contributed by atoms with Gasteiger partial charge in [-0.3, -0.25) is 0 Å². The molecule has 2 nitrogen and oxygen atoms in total. The standard InChI is InChI=1S/C13H20Br2N2/c1-4-5-6-7-17(10(2)3)13-12(15)8-11(14)9-16-13/h8-10H,4-7H2,1-3H3. The zero-order chi connectivity index (χ0) is 12.8. The molecule has 0 fully saturated rings. The summed E-state index contributed by atoms with van der Waals surface area (Å²) in [4.78, 5) is 6.86. The molecule has 0 unspecified atom stereocenters. The highest BCUT2D eigenvalue weighted by Crippen LogP contribution is 2.28. The van der Waals surface area contributed by atoms with Crippen molar-refractivity contribution in [2.75, 3.05) is 11.4 Å². The Labute approximate surface area is 121 Å². The smallest absolute Gasteiger partial charge is 0.143 e. The average molecular weight is 364 g/mol. The zero-order valence-electron chi connectivity index (χ0n) is 10.7. The molecule has 1 aromatic heterocycles. The number of anilines is 1. The third-order valence-electron chi connectivity index (χ3n) is 2.69. The second-order valence-corrected chi connectivity index (χ2v) is 6.22. The highest BCUT2D eigenvalue weighted by Gasteiger charge is 2.14. The highest BCUT2D eigenvalue weighted by atomic mass is 79.9. The fraction of sp³-hybridized carbons (Fsp3) is 0.615. The minimum absolute atomic E-state index is 0.469. The number of aromatic nitrogens is 1. The summed E-state index contributed by atoms with van der Waals surface area (Å²) in [7, 11) is 0. The van der Waals surface area contributed by atoms with Gasteiger partial charge in [0.05, 0.1) is 4.47 Å². The van der Waals surface area contributed by atoms with Crippen molar-refractivity contribution >= 4 is 37.7 Å². The van der Waals surface area contributed by atoms with Crippen LogP contribution in [0.3, 0.4) is 0 Å². The van der Waals surface area contributed by atoms with E-state index in [1.165, 1.54) is 19.3 Å². The molecule has 0 aromatic carbocycles. The lowest BCUT2D eigenvalue weighted by Gasteiger charge is -2.28. The van der Waals surface area contributed by atoms with Crippen LogP contribution in [-0.4, -0.2) is 17.6 Å². The molecule has 0 aliphatic carbocycles. The fourth-order valence-electron chi connectivity index (χ4n) is 1.76. The summed E-state index contributed by atoms with van der Waals surface area (Å²) >= 11 is 7.03. The first-order valence-electron chi connectivity index (χ1n) is 6.14. The predicted octanol–water partition coefficient (Wildman–Crippen LogP) is 5.01. The molecule has 0 atom stereocenters. The first kappa shape index (κ1) is 15.0. The molecule has 0 aliphatic rings. The largest absolute Gasteiger partial charge is 0.353 e. The second-order valence-electron chi connectivity index (χ2n) is 4.45. The first-order valence-corrected chi connectivity index (χ1v) is 7.72. The first-order chi connectivity index (χ1) is 8.06. The molecule has 0 amide bonds. The Hall–Kier alpha value is -0.0900. The summed E-state index contributed by atoms with van der Waals surface area (Å²) in [5.41, 5.74) is 0. The van der Waals surface area contributed by atoms with Gasteiger partial charge in [-0.15, -0.1) is 0 Å². The lowest BCUT2D eigenvalue weighted by molar-refractivity contribution is 0.619.